The number of carboxylic acid groups (broad SMARTS) is 1. The van der Waals surface area contributed by atoms with Gasteiger partial charge in [-0.3, -0.25) is 4.72 Å². The minimum atomic E-state index is -3.69. The SMILES string of the molecule is O=C(O)c1ncccc1NS(=O)(=O)N1CCCC1. The molecule has 0 radical (unpaired) electrons. The second-order valence-electron chi connectivity index (χ2n) is 3.92. The predicted octanol–water partition coefficient (Wildman–Crippen LogP) is 0.532. The fourth-order valence-corrected chi connectivity index (χ4v) is 3.10. The molecule has 1 aliphatic heterocycles. The number of carboxylic acids is 1. The van der Waals surface area contributed by atoms with Crippen LogP contribution < -0.4 is 4.72 Å². The standard InChI is InChI=1S/C10H13N3O4S/c14-10(15)9-8(4-3-5-11-9)12-18(16,17)13-6-1-2-7-13/h3-5,12H,1-2,6-7H2,(H,14,15). The van der Waals surface area contributed by atoms with Crippen molar-refractivity contribution in [1.82, 2.24) is 9.29 Å². The molecule has 18 heavy (non-hydrogen) atoms. The lowest BCUT2D eigenvalue weighted by atomic mass is 10.3. The highest BCUT2D eigenvalue weighted by molar-refractivity contribution is 7.90. The fraction of sp³-hybridized carbons (Fsp3) is 0.400. The van der Waals surface area contributed by atoms with Crippen molar-refractivity contribution in [2.75, 3.05) is 17.8 Å². The van der Waals surface area contributed by atoms with Gasteiger partial charge in [0, 0.05) is 19.3 Å². The molecule has 1 aromatic rings. The zero-order chi connectivity index (χ0) is 13.2. The van der Waals surface area contributed by atoms with Crippen LogP contribution in [0.4, 0.5) is 5.69 Å². The number of hydrogen-bond donors (Lipinski definition) is 2. The first-order chi connectivity index (χ1) is 8.50. The molecule has 98 valence electrons. The van der Waals surface area contributed by atoms with Crippen LogP contribution in [0.3, 0.4) is 0 Å². The normalized spacial score (nSPS) is 16.7. The van der Waals surface area contributed by atoms with E-state index in [0.29, 0.717) is 13.1 Å². The number of nitrogens with one attached hydrogen (secondary N) is 1. The maximum absolute atomic E-state index is 12.0. The highest BCUT2D eigenvalue weighted by Crippen LogP contribution is 2.18. The van der Waals surface area contributed by atoms with Crippen molar-refractivity contribution in [3.8, 4) is 0 Å². The number of aromatic carboxylic acids is 1. The van der Waals surface area contributed by atoms with Crippen molar-refractivity contribution < 1.29 is 18.3 Å². The first-order valence-corrected chi connectivity index (χ1v) is 6.91. The smallest absolute Gasteiger partial charge is 0.356 e. The van der Waals surface area contributed by atoms with Crippen LogP contribution in [0.5, 0.6) is 0 Å². The molecule has 2 rings (SSSR count). The minimum absolute atomic E-state index is 0.0168. The zero-order valence-electron chi connectivity index (χ0n) is 9.54. The Morgan fingerprint density at radius 1 is 1.39 bits per heavy atom. The summed E-state index contributed by atoms with van der Waals surface area (Å²) in [6, 6.07) is 2.86. The van der Waals surface area contributed by atoms with Gasteiger partial charge in [-0.1, -0.05) is 0 Å². The number of anilines is 1. The Hall–Kier alpha value is -1.67. The van der Waals surface area contributed by atoms with Gasteiger partial charge in [-0.05, 0) is 25.0 Å². The molecule has 0 spiro atoms. The number of hydrogen-bond acceptors (Lipinski definition) is 4. The summed E-state index contributed by atoms with van der Waals surface area (Å²) >= 11 is 0. The van der Waals surface area contributed by atoms with E-state index in [4.69, 9.17) is 5.11 Å². The lowest BCUT2D eigenvalue weighted by Gasteiger charge is -2.17. The van der Waals surface area contributed by atoms with Crippen molar-refractivity contribution in [3.63, 3.8) is 0 Å². The number of rotatable bonds is 4. The molecule has 1 saturated heterocycles. The Balaban J connectivity index is 2.26. The van der Waals surface area contributed by atoms with E-state index < -0.39 is 16.2 Å². The molecule has 1 aromatic heterocycles. The fourth-order valence-electron chi connectivity index (χ4n) is 1.79. The van der Waals surface area contributed by atoms with E-state index >= 15 is 0 Å². The van der Waals surface area contributed by atoms with Gasteiger partial charge in [0.1, 0.15) is 0 Å². The van der Waals surface area contributed by atoms with Gasteiger partial charge in [-0.25, -0.2) is 9.78 Å². The molecular weight excluding hydrogens is 258 g/mol. The number of nitrogens with zero attached hydrogens (tertiary/aromatic N) is 2. The van der Waals surface area contributed by atoms with E-state index in [2.05, 4.69) is 9.71 Å². The van der Waals surface area contributed by atoms with Gasteiger partial charge in [0.2, 0.25) is 0 Å². The first-order valence-electron chi connectivity index (χ1n) is 5.47. The maximum Gasteiger partial charge on any atom is 0.356 e. The molecule has 0 aliphatic carbocycles. The van der Waals surface area contributed by atoms with E-state index in [9.17, 15) is 13.2 Å². The lowest BCUT2D eigenvalue weighted by molar-refractivity contribution is 0.0692. The second-order valence-corrected chi connectivity index (χ2v) is 5.59. The third-order valence-corrected chi connectivity index (χ3v) is 4.18. The predicted molar refractivity (Wildman–Crippen MR) is 64.5 cm³/mol. The van der Waals surface area contributed by atoms with E-state index in [1.165, 1.54) is 22.6 Å². The van der Waals surface area contributed by atoms with Crippen molar-refractivity contribution >= 4 is 21.9 Å². The van der Waals surface area contributed by atoms with Gasteiger partial charge in [-0.15, -0.1) is 0 Å². The minimum Gasteiger partial charge on any atom is -0.476 e. The summed E-state index contributed by atoms with van der Waals surface area (Å²) in [5.74, 6) is -1.27. The average molecular weight is 271 g/mol. The van der Waals surface area contributed by atoms with Crippen LogP contribution in [0.25, 0.3) is 0 Å². The summed E-state index contributed by atoms with van der Waals surface area (Å²) in [5.41, 5.74) is -0.322. The lowest BCUT2D eigenvalue weighted by Crippen LogP contribution is -2.33. The van der Waals surface area contributed by atoms with Crippen LogP contribution in [0.2, 0.25) is 0 Å². The van der Waals surface area contributed by atoms with Crippen molar-refractivity contribution in [1.29, 1.82) is 0 Å². The van der Waals surface area contributed by atoms with E-state index in [1.54, 1.807) is 0 Å². The van der Waals surface area contributed by atoms with Crippen LogP contribution in [0.1, 0.15) is 23.3 Å². The molecule has 7 nitrogen and oxygen atoms in total. The summed E-state index contributed by atoms with van der Waals surface area (Å²) in [7, 11) is -3.69. The number of aromatic nitrogens is 1. The van der Waals surface area contributed by atoms with Crippen LogP contribution in [-0.4, -0.2) is 41.9 Å². The average Bonchev–Trinajstić information content (AvgIpc) is 2.83. The summed E-state index contributed by atoms with van der Waals surface area (Å²) < 4.78 is 27.5. The van der Waals surface area contributed by atoms with Crippen molar-refractivity contribution in [2.45, 2.75) is 12.8 Å². The Kier molecular flexibility index (Phi) is 3.48. The molecule has 0 aromatic carbocycles. The summed E-state index contributed by atoms with van der Waals surface area (Å²) in [5, 5.41) is 8.92. The molecule has 8 heteroatoms. The van der Waals surface area contributed by atoms with Crippen molar-refractivity contribution in [2.24, 2.45) is 0 Å². The van der Waals surface area contributed by atoms with Crippen LogP contribution in [0, 0.1) is 0 Å². The van der Waals surface area contributed by atoms with Crippen molar-refractivity contribution in [3.05, 3.63) is 24.0 Å². The van der Waals surface area contributed by atoms with Gasteiger partial charge in [0.25, 0.3) is 0 Å². The van der Waals surface area contributed by atoms with Crippen LogP contribution >= 0.6 is 0 Å². The van der Waals surface area contributed by atoms with Crippen LogP contribution in [0.15, 0.2) is 18.3 Å². The summed E-state index contributed by atoms with van der Waals surface area (Å²) in [6.07, 6.45) is 2.94. The molecule has 0 atom stereocenters. The zero-order valence-corrected chi connectivity index (χ0v) is 10.4. The highest BCUT2D eigenvalue weighted by Gasteiger charge is 2.26. The number of pyridine rings is 1. The topological polar surface area (TPSA) is 99.6 Å². The monoisotopic (exact) mass is 271 g/mol. The first kappa shape index (κ1) is 12.8. The van der Waals surface area contributed by atoms with E-state index in [-0.39, 0.29) is 11.4 Å². The third kappa shape index (κ3) is 2.59. The van der Waals surface area contributed by atoms with Gasteiger partial charge >= 0.3 is 16.2 Å². The molecular formula is C10H13N3O4S. The summed E-state index contributed by atoms with van der Waals surface area (Å²) in [4.78, 5) is 14.6. The van der Waals surface area contributed by atoms with E-state index in [0.717, 1.165) is 12.8 Å². The second kappa shape index (κ2) is 4.91. The molecule has 0 amide bonds. The molecule has 0 unspecified atom stereocenters. The quantitative estimate of drug-likeness (QED) is 0.832. The van der Waals surface area contributed by atoms with E-state index in [1.807, 2.05) is 0 Å². The molecule has 2 heterocycles. The van der Waals surface area contributed by atoms with Gasteiger partial charge in [0.15, 0.2) is 5.69 Å². The van der Waals surface area contributed by atoms with Gasteiger partial charge in [-0.2, -0.15) is 12.7 Å². The molecule has 0 bridgehead atoms. The maximum atomic E-state index is 12.0. The summed E-state index contributed by atoms with van der Waals surface area (Å²) in [6.45, 7) is 0.913. The Morgan fingerprint density at radius 3 is 2.67 bits per heavy atom. The largest absolute Gasteiger partial charge is 0.476 e. The van der Waals surface area contributed by atoms with Gasteiger partial charge < -0.3 is 5.11 Å². The van der Waals surface area contributed by atoms with Gasteiger partial charge in [0.05, 0.1) is 5.69 Å². The molecule has 0 saturated carbocycles. The van der Waals surface area contributed by atoms with Crippen LogP contribution in [-0.2, 0) is 10.2 Å². The molecule has 1 aliphatic rings. The highest BCUT2D eigenvalue weighted by atomic mass is 32.2. The Morgan fingerprint density at radius 2 is 2.06 bits per heavy atom. The molecule has 2 N–H and O–H groups in total. The number of carbonyl (C=O) groups is 1. The molecule has 1 fully saturated rings. The Bertz CT molecular complexity index is 552. The Labute approximate surface area is 105 Å². The third-order valence-electron chi connectivity index (χ3n) is 2.65.